The molecule has 0 saturated carbocycles. The molecule has 0 unspecified atom stereocenters. The Bertz CT molecular complexity index is 805. The molecule has 9 heteroatoms. The van der Waals surface area contributed by atoms with E-state index in [0.717, 1.165) is 0 Å². The summed E-state index contributed by atoms with van der Waals surface area (Å²) in [7, 11) is 0. The highest BCUT2D eigenvalue weighted by molar-refractivity contribution is 5.89. The Balaban J connectivity index is 2.40. The number of anilines is 2. The number of nitrogens with two attached hydrogens (primary N) is 2. The zero-order valence-electron chi connectivity index (χ0n) is 9.78. The first-order chi connectivity index (χ1) is 9.45. The fraction of sp³-hybridized carbons (Fsp3) is 0. The number of aromatic nitrogens is 4. The molecule has 5 N–H and O–H groups in total. The maximum Gasteiger partial charge on any atom is 0.222 e. The van der Waals surface area contributed by atoms with E-state index in [-0.39, 0.29) is 28.8 Å². The first-order valence-electron chi connectivity index (χ1n) is 5.39. The van der Waals surface area contributed by atoms with Crippen LogP contribution in [0, 0.1) is 17.5 Å². The van der Waals surface area contributed by atoms with E-state index in [1.807, 2.05) is 0 Å². The third-order valence-corrected chi connectivity index (χ3v) is 2.63. The molecule has 0 fully saturated rings. The average Bonchev–Trinajstić information content (AvgIpc) is 2.67. The Morgan fingerprint density at radius 3 is 2.25 bits per heavy atom. The lowest BCUT2D eigenvalue weighted by Gasteiger charge is -2.06. The van der Waals surface area contributed by atoms with Crippen molar-refractivity contribution in [3.05, 3.63) is 29.6 Å². The molecule has 0 bridgehead atoms. The average molecular weight is 280 g/mol. The lowest BCUT2D eigenvalue weighted by atomic mass is 10.1. The topological polar surface area (TPSA) is 106 Å². The van der Waals surface area contributed by atoms with E-state index in [4.69, 9.17) is 11.5 Å². The minimum Gasteiger partial charge on any atom is -0.369 e. The zero-order valence-corrected chi connectivity index (χ0v) is 9.78. The lowest BCUT2D eigenvalue weighted by molar-refractivity contribution is 0.547. The van der Waals surface area contributed by atoms with E-state index < -0.39 is 23.0 Å². The fourth-order valence-electron chi connectivity index (χ4n) is 1.88. The fourth-order valence-corrected chi connectivity index (χ4v) is 1.88. The molecular weight excluding hydrogens is 273 g/mol. The van der Waals surface area contributed by atoms with Crippen molar-refractivity contribution < 1.29 is 13.2 Å². The normalized spacial score (nSPS) is 11.2. The Labute approximate surface area is 109 Å². The molecule has 2 aromatic heterocycles. The minimum absolute atomic E-state index is 0.0101. The van der Waals surface area contributed by atoms with Gasteiger partial charge >= 0.3 is 0 Å². The van der Waals surface area contributed by atoms with Crippen LogP contribution in [-0.4, -0.2) is 19.9 Å². The van der Waals surface area contributed by atoms with Crippen LogP contribution in [0.15, 0.2) is 12.1 Å². The number of rotatable bonds is 1. The number of nitrogens with zero attached hydrogens (tertiary/aromatic N) is 3. The molecule has 1 aromatic carbocycles. The standard InChI is InChI=1S/C11H7F3N6/c12-3-1-4(13)6(5(14)2-3)7-8-9(19-10(15)17-7)20-11(16)18-8/h1-2H,(H5,15,16,17,18,19,20). The predicted molar refractivity (Wildman–Crippen MR) is 65.8 cm³/mol. The van der Waals surface area contributed by atoms with Crippen LogP contribution in [0.2, 0.25) is 0 Å². The van der Waals surface area contributed by atoms with Crippen molar-refractivity contribution in [1.82, 2.24) is 19.9 Å². The van der Waals surface area contributed by atoms with Gasteiger partial charge in [0.2, 0.25) is 5.95 Å². The van der Waals surface area contributed by atoms with Gasteiger partial charge in [-0.05, 0) is 0 Å². The summed E-state index contributed by atoms with van der Waals surface area (Å²) in [6, 6.07) is 1.09. The van der Waals surface area contributed by atoms with Gasteiger partial charge in [0.15, 0.2) is 11.6 Å². The molecule has 20 heavy (non-hydrogen) atoms. The Kier molecular flexibility index (Phi) is 2.49. The first-order valence-corrected chi connectivity index (χ1v) is 5.39. The van der Waals surface area contributed by atoms with Gasteiger partial charge in [0.1, 0.15) is 28.7 Å². The van der Waals surface area contributed by atoms with E-state index in [0.29, 0.717) is 12.1 Å². The third-order valence-electron chi connectivity index (χ3n) is 2.63. The SMILES string of the molecule is Nc1nc(-c2c(F)cc(F)cc2F)c2[nH]c(N)nc2n1. The van der Waals surface area contributed by atoms with E-state index in [1.54, 1.807) is 0 Å². The summed E-state index contributed by atoms with van der Waals surface area (Å²) in [6.07, 6.45) is 0. The van der Waals surface area contributed by atoms with Crippen LogP contribution in [0.3, 0.4) is 0 Å². The molecule has 2 heterocycles. The van der Waals surface area contributed by atoms with Gasteiger partial charge in [-0.3, -0.25) is 0 Å². The number of nitrogens with one attached hydrogen (secondary N) is 1. The number of imidazole rings is 1. The Morgan fingerprint density at radius 2 is 1.60 bits per heavy atom. The van der Waals surface area contributed by atoms with Crippen LogP contribution in [0.5, 0.6) is 0 Å². The molecule has 102 valence electrons. The highest BCUT2D eigenvalue weighted by Gasteiger charge is 2.20. The number of halogens is 3. The molecule has 3 aromatic rings. The maximum atomic E-state index is 13.8. The Morgan fingerprint density at radius 1 is 0.950 bits per heavy atom. The molecule has 0 aliphatic carbocycles. The van der Waals surface area contributed by atoms with E-state index >= 15 is 0 Å². The largest absolute Gasteiger partial charge is 0.369 e. The molecule has 0 atom stereocenters. The van der Waals surface area contributed by atoms with Crippen molar-refractivity contribution in [3.8, 4) is 11.3 Å². The summed E-state index contributed by atoms with van der Waals surface area (Å²) < 4.78 is 40.6. The number of fused-ring (bicyclic) bond motifs is 1. The van der Waals surface area contributed by atoms with E-state index in [9.17, 15) is 13.2 Å². The van der Waals surface area contributed by atoms with Crippen LogP contribution in [0.4, 0.5) is 25.1 Å². The minimum atomic E-state index is -1.12. The lowest BCUT2D eigenvalue weighted by Crippen LogP contribution is -2.01. The van der Waals surface area contributed by atoms with Crippen molar-refractivity contribution in [2.24, 2.45) is 0 Å². The molecule has 0 radical (unpaired) electrons. The predicted octanol–water partition coefficient (Wildman–Crippen LogP) is 1.60. The third kappa shape index (κ3) is 1.79. The monoisotopic (exact) mass is 280 g/mol. The molecule has 6 nitrogen and oxygen atoms in total. The van der Waals surface area contributed by atoms with Gasteiger partial charge in [-0.25, -0.2) is 18.2 Å². The van der Waals surface area contributed by atoms with Crippen LogP contribution in [-0.2, 0) is 0 Å². The van der Waals surface area contributed by atoms with Gasteiger partial charge in [-0.2, -0.15) is 9.97 Å². The highest BCUT2D eigenvalue weighted by Crippen LogP contribution is 2.30. The van der Waals surface area contributed by atoms with E-state index in [1.165, 1.54) is 0 Å². The second-order valence-corrected chi connectivity index (χ2v) is 4.00. The van der Waals surface area contributed by atoms with Crippen LogP contribution >= 0.6 is 0 Å². The van der Waals surface area contributed by atoms with Crippen LogP contribution in [0.1, 0.15) is 0 Å². The quantitative estimate of drug-likeness (QED) is 0.627. The van der Waals surface area contributed by atoms with Crippen LogP contribution in [0.25, 0.3) is 22.4 Å². The summed E-state index contributed by atoms with van der Waals surface area (Å²) in [5.74, 6) is -3.51. The first kappa shape index (κ1) is 12.2. The number of aromatic amines is 1. The molecule has 3 rings (SSSR count). The Hall–Kier alpha value is -2.84. The summed E-state index contributed by atoms with van der Waals surface area (Å²) in [5, 5.41) is 0. The summed E-state index contributed by atoms with van der Waals surface area (Å²) in [4.78, 5) is 13.9. The number of benzene rings is 1. The molecule has 0 amide bonds. The van der Waals surface area contributed by atoms with Crippen molar-refractivity contribution in [1.29, 1.82) is 0 Å². The number of hydrogen-bond donors (Lipinski definition) is 3. The number of nitrogen functional groups attached to an aromatic ring is 2. The number of H-pyrrole nitrogens is 1. The molecule has 0 aliphatic heterocycles. The van der Waals surface area contributed by atoms with Gasteiger partial charge in [-0.15, -0.1) is 0 Å². The second kappa shape index (κ2) is 4.08. The highest BCUT2D eigenvalue weighted by atomic mass is 19.1. The van der Waals surface area contributed by atoms with Crippen molar-refractivity contribution in [2.75, 3.05) is 11.5 Å². The number of hydrogen-bond acceptors (Lipinski definition) is 5. The van der Waals surface area contributed by atoms with Crippen molar-refractivity contribution >= 4 is 23.1 Å². The van der Waals surface area contributed by atoms with Crippen LogP contribution < -0.4 is 11.5 Å². The molecule has 0 spiro atoms. The zero-order chi connectivity index (χ0) is 14.4. The molecule has 0 aliphatic rings. The summed E-state index contributed by atoms with van der Waals surface area (Å²) in [6.45, 7) is 0. The van der Waals surface area contributed by atoms with Gasteiger partial charge in [0.25, 0.3) is 0 Å². The maximum absolute atomic E-state index is 13.8. The van der Waals surface area contributed by atoms with Gasteiger partial charge in [-0.1, -0.05) is 0 Å². The smallest absolute Gasteiger partial charge is 0.222 e. The summed E-state index contributed by atoms with van der Waals surface area (Å²) >= 11 is 0. The van der Waals surface area contributed by atoms with Crippen molar-refractivity contribution in [3.63, 3.8) is 0 Å². The van der Waals surface area contributed by atoms with Gasteiger partial charge < -0.3 is 16.5 Å². The second-order valence-electron chi connectivity index (χ2n) is 4.00. The van der Waals surface area contributed by atoms with Gasteiger partial charge in [0.05, 0.1) is 5.56 Å². The van der Waals surface area contributed by atoms with E-state index in [2.05, 4.69) is 19.9 Å². The van der Waals surface area contributed by atoms with Crippen molar-refractivity contribution in [2.45, 2.75) is 0 Å². The summed E-state index contributed by atoms with van der Waals surface area (Å²) in [5.41, 5.74) is 10.4. The molecule has 0 saturated heterocycles. The molecular formula is C11H7F3N6. The van der Waals surface area contributed by atoms with Gasteiger partial charge in [0, 0.05) is 12.1 Å².